The van der Waals surface area contributed by atoms with Crippen LogP contribution in [0.15, 0.2) is 88.3 Å². The molecular formula is C31H36N2. The summed E-state index contributed by atoms with van der Waals surface area (Å²) in [6.07, 6.45) is 9.70. The lowest BCUT2D eigenvalue weighted by Crippen LogP contribution is -2.07. The van der Waals surface area contributed by atoms with Gasteiger partial charge >= 0.3 is 0 Å². The molecule has 2 aliphatic rings. The Morgan fingerprint density at radius 1 is 1.09 bits per heavy atom. The molecule has 4 rings (SSSR count). The Morgan fingerprint density at radius 2 is 1.85 bits per heavy atom. The number of hydrogen-bond donors (Lipinski definition) is 0. The van der Waals surface area contributed by atoms with Crippen LogP contribution in [0.3, 0.4) is 0 Å². The molecule has 0 bridgehead atoms. The van der Waals surface area contributed by atoms with Gasteiger partial charge in [-0.25, -0.2) is 0 Å². The van der Waals surface area contributed by atoms with Crippen molar-refractivity contribution in [1.82, 2.24) is 4.90 Å². The summed E-state index contributed by atoms with van der Waals surface area (Å²) in [4.78, 5) is 7.15. The van der Waals surface area contributed by atoms with E-state index in [9.17, 15) is 0 Å². The first kappa shape index (κ1) is 23.0. The lowest BCUT2D eigenvalue weighted by molar-refractivity contribution is 0.568. The van der Waals surface area contributed by atoms with E-state index in [4.69, 9.17) is 4.99 Å². The van der Waals surface area contributed by atoms with Crippen LogP contribution < -0.4 is 0 Å². The molecule has 0 unspecified atom stereocenters. The van der Waals surface area contributed by atoms with E-state index >= 15 is 0 Å². The summed E-state index contributed by atoms with van der Waals surface area (Å²) < 4.78 is 0. The minimum Gasteiger partial charge on any atom is -0.355 e. The van der Waals surface area contributed by atoms with Crippen molar-refractivity contribution in [2.75, 3.05) is 7.05 Å². The van der Waals surface area contributed by atoms with E-state index in [1.807, 2.05) is 6.92 Å². The van der Waals surface area contributed by atoms with Gasteiger partial charge in [0, 0.05) is 31.1 Å². The monoisotopic (exact) mass is 436 g/mol. The zero-order valence-corrected chi connectivity index (χ0v) is 20.8. The summed E-state index contributed by atoms with van der Waals surface area (Å²) >= 11 is 0. The van der Waals surface area contributed by atoms with Gasteiger partial charge in [-0.1, -0.05) is 62.0 Å². The average Bonchev–Trinajstić information content (AvgIpc) is 3.41. The highest BCUT2D eigenvalue weighted by Gasteiger charge is 2.20. The van der Waals surface area contributed by atoms with Crippen LogP contribution in [0.25, 0.3) is 6.08 Å². The third-order valence-electron chi connectivity index (χ3n) is 6.95. The Labute approximate surface area is 199 Å². The number of aliphatic imine (C=N–C) groups is 1. The van der Waals surface area contributed by atoms with Crippen LogP contribution in [0.2, 0.25) is 0 Å². The van der Waals surface area contributed by atoms with Gasteiger partial charge in [0.25, 0.3) is 0 Å². The number of aryl methyl sites for hydroxylation is 2. The van der Waals surface area contributed by atoms with E-state index in [0.29, 0.717) is 0 Å². The standard InChI is InChI=1S/C31H36N2/c1-7-24-16-26(13-14-30-22(4)15-31(32-30)25-11-9-8-10-12-25)29-19-27(18-28(29)17-24)23(5)20-33(6)21(2)3/h8-12,16-17,19-20H,2,7,13-15,18H2,1,3-6H3/b23-20+. The molecule has 0 atom stereocenters. The van der Waals surface area contributed by atoms with Crippen LogP contribution >= 0.6 is 0 Å². The quantitative estimate of drug-likeness (QED) is 0.415. The maximum Gasteiger partial charge on any atom is 0.0520 e. The smallest absolute Gasteiger partial charge is 0.0520 e. The Hall–Kier alpha value is -3.13. The predicted octanol–water partition coefficient (Wildman–Crippen LogP) is 7.66. The number of rotatable bonds is 8. The van der Waals surface area contributed by atoms with Crippen molar-refractivity contribution in [3.8, 4) is 0 Å². The number of hydrogen-bond acceptors (Lipinski definition) is 2. The van der Waals surface area contributed by atoms with Gasteiger partial charge in [-0.05, 0) is 91.0 Å². The van der Waals surface area contributed by atoms with E-state index < -0.39 is 0 Å². The van der Waals surface area contributed by atoms with E-state index in [1.54, 1.807) is 0 Å². The van der Waals surface area contributed by atoms with Crippen molar-refractivity contribution in [3.05, 3.63) is 111 Å². The van der Waals surface area contributed by atoms with E-state index in [-0.39, 0.29) is 0 Å². The molecule has 2 aromatic rings. The Balaban J connectivity index is 1.57. The Morgan fingerprint density at radius 3 is 2.55 bits per heavy atom. The van der Waals surface area contributed by atoms with Gasteiger partial charge in [-0.15, -0.1) is 0 Å². The first-order valence-electron chi connectivity index (χ1n) is 12.1. The minimum atomic E-state index is 0.969. The highest BCUT2D eigenvalue weighted by atomic mass is 15.1. The summed E-state index contributed by atoms with van der Waals surface area (Å²) in [7, 11) is 2.07. The number of nitrogens with zero attached hydrogens (tertiary/aromatic N) is 2. The van der Waals surface area contributed by atoms with Crippen molar-refractivity contribution < 1.29 is 0 Å². The SMILES string of the molecule is C=C(C)N(C)/C=C(\C)C1=Cc2c(CCC3=C(C)CC(c4ccccc4)=N3)cc(CC)cc2C1. The molecule has 2 heteroatoms. The maximum absolute atomic E-state index is 5.04. The fourth-order valence-corrected chi connectivity index (χ4v) is 4.73. The highest BCUT2D eigenvalue weighted by Crippen LogP contribution is 2.35. The molecule has 0 spiro atoms. The summed E-state index contributed by atoms with van der Waals surface area (Å²) in [6, 6.07) is 15.4. The second kappa shape index (κ2) is 9.79. The average molecular weight is 437 g/mol. The second-order valence-electron chi connectivity index (χ2n) is 9.51. The van der Waals surface area contributed by atoms with Crippen LogP contribution in [0.5, 0.6) is 0 Å². The van der Waals surface area contributed by atoms with Crippen LogP contribution in [0, 0.1) is 0 Å². The molecule has 0 saturated heterocycles. The second-order valence-corrected chi connectivity index (χ2v) is 9.51. The lowest BCUT2D eigenvalue weighted by Gasteiger charge is -2.15. The molecule has 0 N–H and O–H groups in total. The summed E-state index contributed by atoms with van der Waals surface area (Å²) in [5.41, 5.74) is 14.7. The van der Waals surface area contributed by atoms with Gasteiger partial charge in [-0.3, -0.25) is 4.99 Å². The fraction of sp³-hybridized carbons (Fsp3) is 0.323. The predicted molar refractivity (Wildman–Crippen MR) is 142 cm³/mol. The molecule has 1 aliphatic heterocycles. The Bertz CT molecular complexity index is 1190. The van der Waals surface area contributed by atoms with Gasteiger partial charge < -0.3 is 4.90 Å². The van der Waals surface area contributed by atoms with Crippen molar-refractivity contribution in [2.45, 2.75) is 59.8 Å². The molecule has 0 saturated carbocycles. The zero-order valence-electron chi connectivity index (χ0n) is 20.8. The molecule has 0 amide bonds. The summed E-state index contributed by atoms with van der Waals surface area (Å²) in [6.45, 7) is 12.8. The molecule has 2 nitrogen and oxygen atoms in total. The molecule has 0 fully saturated rings. The van der Waals surface area contributed by atoms with Crippen molar-refractivity contribution in [2.24, 2.45) is 4.99 Å². The van der Waals surface area contributed by atoms with Gasteiger partial charge in [0.15, 0.2) is 0 Å². The lowest BCUT2D eigenvalue weighted by atomic mass is 9.94. The number of allylic oxidation sites excluding steroid dienone is 5. The van der Waals surface area contributed by atoms with Crippen LogP contribution in [0.4, 0.5) is 0 Å². The highest BCUT2D eigenvalue weighted by molar-refractivity contribution is 6.04. The zero-order chi connectivity index (χ0) is 23.5. The molecule has 0 aromatic heterocycles. The van der Waals surface area contributed by atoms with Crippen molar-refractivity contribution in [3.63, 3.8) is 0 Å². The molecule has 0 radical (unpaired) electrons. The largest absolute Gasteiger partial charge is 0.355 e. The van der Waals surface area contributed by atoms with Gasteiger partial charge in [0.1, 0.15) is 0 Å². The third-order valence-corrected chi connectivity index (χ3v) is 6.95. The van der Waals surface area contributed by atoms with E-state index in [2.05, 4.69) is 94.0 Å². The van der Waals surface area contributed by atoms with Gasteiger partial charge in [0.2, 0.25) is 0 Å². The first-order valence-corrected chi connectivity index (χ1v) is 12.1. The summed E-state index contributed by atoms with van der Waals surface area (Å²) in [5.74, 6) is 0. The normalized spacial score (nSPS) is 15.5. The first-order chi connectivity index (χ1) is 15.9. The summed E-state index contributed by atoms with van der Waals surface area (Å²) in [5, 5.41) is 0. The molecular weight excluding hydrogens is 400 g/mol. The molecule has 1 heterocycles. The molecule has 1 aliphatic carbocycles. The van der Waals surface area contributed by atoms with Gasteiger partial charge in [0.05, 0.1) is 5.71 Å². The van der Waals surface area contributed by atoms with E-state index in [0.717, 1.165) is 37.8 Å². The van der Waals surface area contributed by atoms with Crippen LogP contribution in [-0.4, -0.2) is 17.7 Å². The Kier molecular flexibility index (Phi) is 6.83. The number of benzene rings is 2. The van der Waals surface area contributed by atoms with E-state index in [1.165, 1.54) is 55.9 Å². The molecule has 2 aromatic carbocycles. The van der Waals surface area contributed by atoms with Crippen molar-refractivity contribution >= 4 is 11.8 Å². The number of fused-ring (bicyclic) bond motifs is 1. The molecule has 170 valence electrons. The maximum atomic E-state index is 5.04. The topological polar surface area (TPSA) is 15.6 Å². The van der Waals surface area contributed by atoms with Crippen LogP contribution in [0.1, 0.15) is 68.4 Å². The van der Waals surface area contributed by atoms with Crippen LogP contribution in [-0.2, 0) is 19.3 Å². The fourth-order valence-electron chi connectivity index (χ4n) is 4.73. The molecule has 33 heavy (non-hydrogen) atoms. The third kappa shape index (κ3) is 5.11. The minimum absolute atomic E-state index is 0.969. The van der Waals surface area contributed by atoms with Gasteiger partial charge in [-0.2, -0.15) is 0 Å². The van der Waals surface area contributed by atoms with Crippen molar-refractivity contribution in [1.29, 1.82) is 0 Å².